The maximum absolute atomic E-state index is 2.39. The normalized spacial score (nSPS) is 11.8. The van der Waals surface area contributed by atoms with E-state index in [0.29, 0.717) is 0 Å². The van der Waals surface area contributed by atoms with Crippen molar-refractivity contribution >= 4 is 74.6 Å². The van der Waals surface area contributed by atoms with Gasteiger partial charge in [0, 0.05) is 25.7 Å². The van der Waals surface area contributed by atoms with Gasteiger partial charge in [-0.25, -0.2) is 0 Å². The SMILES string of the molecule is c1cc(-c2ccc3ccccc3c2)cc(-c2c3ccccc3c(-c3c4ccccc4cc4c3sc3ccccc34)c3ccccc23)c1. The van der Waals surface area contributed by atoms with Crippen LogP contribution in [0.1, 0.15) is 0 Å². The van der Waals surface area contributed by atoms with Gasteiger partial charge in [-0.2, -0.15) is 0 Å². The van der Waals surface area contributed by atoms with E-state index < -0.39 is 0 Å². The number of benzene rings is 9. The van der Waals surface area contributed by atoms with Crippen LogP contribution < -0.4 is 0 Å². The molecule has 10 aromatic rings. The summed E-state index contributed by atoms with van der Waals surface area (Å²) in [4.78, 5) is 0. The van der Waals surface area contributed by atoms with Crippen LogP contribution in [0.3, 0.4) is 0 Å². The Labute approximate surface area is 276 Å². The molecule has 0 amide bonds. The first-order chi connectivity index (χ1) is 23.3. The first kappa shape index (κ1) is 26.5. The van der Waals surface area contributed by atoms with Crippen molar-refractivity contribution in [2.75, 3.05) is 0 Å². The van der Waals surface area contributed by atoms with E-state index in [2.05, 4.69) is 170 Å². The summed E-state index contributed by atoms with van der Waals surface area (Å²) in [6.45, 7) is 0. The van der Waals surface area contributed by atoms with Gasteiger partial charge in [0.25, 0.3) is 0 Å². The van der Waals surface area contributed by atoms with E-state index in [9.17, 15) is 0 Å². The Balaban J connectivity index is 1.31. The summed E-state index contributed by atoms with van der Waals surface area (Å²) in [7, 11) is 0. The van der Waals surface area contributed by atoms with E-state index in [0.717, 1.165) is 0 Å². The molecule has 0 aliphatic heterocycles. The lowest BCUT2D eigenvalue weighted by Crippen LogP contribution is -1.92. The minimum absolute atomic E-state index is 1.23. The Morgan fingerprint density at radius 1 is 0.277 bits per heavy atom. The fourth-order valence-corrected chi connectivity index (χ4v) is 8.95. The molecule has 0 radical (unpaired) electrons. The predicted octanol–water partition coefficient (Wildman–Crippen LogP) is 13.7. The lowest BCUT2D eigenvalue weighted by molar-refractivity contribution is 1.63. The van der Waals surface area contributed by atoms with E-state index in [1.165, 1.54) is 96.6 Å². The molecule has 0 saturated heterocycles. The summed E-state index contributed by atoms with van der Waals surface area (Å²) >= 11 is 1.92. The smallest absolute Gasteiger partial charge is 0.0440 e. The highest BCUT2D eigenvalue weighted by Crippen LogP contribution is 2.50. The molecule has 1 heteroatoms. The van der Waals surface area contributed by atoms with Gasteiger partial charge in [-0.05, 0) is 95.2 Å². The number of fused-ring (bicyclic) bond motifs is 7. The molecule has 218 valence electrons. The minimum Gasteiger partial charge on any atom is -0.135 e. The Hall–Kier alpha value is -5.76. The highest BCUT2D eigenvalue weighted by atomic mass is 32.1. The van der Waals surface area contributed by atoms with Crippen molar-refractivity contribution in [1.29, 1.82) is 0 Å². The molecule has 47 heavy (non-hydrogen) atoms. The zero-order chi connectivity index (χ0) is 30.9. The Kier molecular flexibility index (Phi) is 5.85. The van der Waals surface area contributed by atoms with E-state index in [1.54, 1.807) is 0 Å². The van der Waals surface area contributed by atoms with Gasteiger partial charge in [0.15, 0.2) is 0 Å². The molecule has 0 atom stereocenters. The fourth-order valence-electron chi connectivity index (χ4n) is 7.70. The molecule has 1 heterocycles. The molecule has 0 bridgehead atoms. The average molecular weight is 613 g/mol. The molecular weight excluding hydrogens is 585 g/mol. The van der Waals surface area contributed by atoms with Crippen molar-refractivity contribution in [2.24, 2.45) is 0 Å². The summed E-state index contributed by atoms with van der Waals surface area (Å²) in [5.74, 6) is 0. The quantitative estimate of drug-likeness (QED) is 0.174. The van der Waals surface area contributed by atoms with Crippen molar-refractivity contribution in [2.45, 2.75) is 0 Å². The summed E-state index contributed by atoms with van der Waals surface area (Å²) < 4.78 is 2.68. The van der Waals surface area contributed by atoms with E-state index in [4.69, 9.17) is 0 Å². The van der Waals surface area contributed by atoms with Crippen molar-refractivity contribution in [3.05, 3.63) is 170 Å². The van der Waals surface area contributed by atoms with Gasteiger partial charge < -0.3 is 0 Å². The van der Waals surface area contributed by atoms with Crippen LogP contribution in [0.25, 0.3) is 96.6 Å². The van der Waals surface area contributed by atoms with Crippen LogP contribution in [0.15, 0.2) is 170 Å². The van der Waals surface area contributed by atoms with Crippen LogP contribution in [0.4, 0.5) is 0 Å². The van der Waals surface area contributed by atoms with E-state index in [1.807, 2.05) is 11.3 Å². The largest absolute Gasteiger partial charge is 0.135 e. The van der Waals surface area contributed by atoms with Crippen molar-refractivity contribution in [3.63, 3.8) is 0 Å². The molecule has 0 aliphatic rings. The van der Waals surface area contributed by atoms with Gasteiger partial charge in [-0.3, -0.25) is 0 Å². The van der Waals surface area contributed by atoms with Gasteiger partial charge in [0.05, 0.1) is 0 Å². The zero-order valence-corrected chi connectivity index (χ0v) is 26.4. The van der Waals surface area contributed by atoms with Gasteiger partial charge in [0.1, 0.15) is 0 Å². The molecular formula is C46H28S. The second kappa shape index (κ2) is 10.4. The molecule has 10 rings (SSSR count). The van der Waals surface area contributed by atoms with Gasteiger partial charge in [-0.15, -0.1) is 11.3 Å². The van der Waals surface area contributed by atoms with Crippen LogP contribution in [-0.4, -0.2) is 0 Å². The first-order valence-electron chi connectivity index (χ1n) is 16.2. The lowest BCUT2D eigenvalue weighted by atomic mass is 9.84. The average Bonchev–Trinajstić information content (AvgIpc) is 3.51. The number of hydrogen-bond donors (Lipinski definition) is 0. The lowest BCUT2D eigenvalue weighted by Gasteiger charge is -2.20. The summed E-state index contributed by atoms with van der Waals surface area (Å²) in [5, 5.41) is 12.9. The molecule has 0 nitrogen and oxygen atoms in total. The molecule has 0 aliphatic carbocycles. The molecule has 0 fully saturated rings. The topological polar surface area (TPSA) is 0 Å². The van der Waals surface area contributed by atoms with Gasteiger partial charge >= 0.3 is 0 Å². The van der Waals surface area contributed by atoms with E-state index in [-0.39, 0.29) is 0 Å². The van der Waals surface area contributed by atoms with Crippen molar-refractivity contribution in [3.8, 4) is 33.4 Å². The molecule has 0 spiro atoms. The highest BCUT2D eigenvalue weighted by molar-refractivity contribution is 7.26. The second-order valence-corrected chi connectivity index (χ2v) is 13.5. The molecule has 0 N–H and O–H groups in total. The summed E-state index contributed by atoms with van der Waals surface area (Å²) in [6, 6.07) is 62.7. The first-order valence-corrected chi connectivity index (χ1v) is 17.0. The highest BCUT2D eigenvalue weighted by Gasteiger charge is 2.21. The third-order valence-electron chi connectivity index (χ3n) is 9.81. The second-order valence-electron chi connectivity index (χ2n) is 12.4. The zero-order valence-electron chi connectivity index (χ0n) is 25.6. The summed E-state index contributed by atoms with van der Waals surface area (Å²) in [5.41, 5.74) is 7.64. The minimum atomic E-state index is 1.23. The number of hydrogen-bond acceptors (Lipinski definition) is 1. The molecule has 9 aromatic carbocycles. The van der Waals surface area contributed by atoms with Crippen molar-refractivity contribution in [1.82, 2.24) is 0 Å². The van der Waals surface area contributed by atoms with Gasteiger partial charge in [-0.1, -0.05) is 146 Å². The van der Waals surface area contributed by atoms with Crippen LogP contribution in [0.5, 0.6) is 0 Å². The van der Waals surface area contributed by atoms with E-state index >= 15 is 0 Å². The molecule has 0 unspecified atom stereocenters. The number of thiophene rings is 1. The van der Waals surface area contributed by atoms with Crippen molar-refractivity contribution < 1.29 is 0 Å². The van der Waals surface area contributed by atoms with Crippen LogP contribution in [-0.2, 0) is 0 Å². The third-order valence-corrected chi connectivity index (χ3v) is 11.0. The molecule has 0 saturated carbocycles. The predicted molar refractivity (Wildman–Crippen MR) is 206 cm³/mol. The monoisotopic (exact) mass is 612 g/mol. The molecule has 1 aromatic heterocycles. The third kappa shape index (κ3) is 4.07. The van der Waals surface area contributed by atoms with Crippen LogP contribution in [0, 0.1) is 0 Å². The van der Waals surface area contributed by atoms with Crippen LogP contribution in [0.2, 0.25) is 0 Å². The Morgan fingerprint density at radius 3 is 1.57 bits per heavy atom. The van der Waals surface area contributed by atoms with Gasteiger partial charge in [0.2, 0.25) is 0 Å². The fraction of sp³-hybridized carbons (Fsp3) is 0. The Bertz CT molecular complexity index is 2800. The summed E-state index contributed by atoms with van der Waals surface area (Å²) in [6.07, 6.45) is 0. The number of rotatable bonds is 3. The van der Waals surface area contributed by atoms with Crippen LogP contribution >= 0.6 is 11.3 Å². The maximum atomic E-state index is 2.39. The Morgan fingerprint density at radius 2 is 0.830 bits per heavy atom. The standard InChI is InChI=1S/C46H28S/c1-2-13-30-26-32(25-24-29(30)12-1)31-15-11-16-34(27-31)43-37-19-5-7-21-39(37)44(40-22-8-6-20-38(40)43)45-35-17-4-3-14-33(35)28-41-36-18-9-10-23-42(36)47-46(41)45/h1-28H. The maximum Gasteiger partial charge on any atom is 0.0440 e.